The number of hydrogen-bond donors (Lipinski definition) is 1. The summed E-state index contributed by atoms with van der Waals surface area (Å²) in [6, 6.07) is 8.33. The molecule has 2 aliphatic heterocycles. The maximum atomic E-state index is 12.7. The van der Waals surface area contributed by atoms with Crippen LogP contribution in [0.5, 0.6) is 0 Å². The largest absolute Gasteiger partial charge is 0.377 e. The number of nitrogens with one attached hydrogen (secondary N) is 1. The Balaban J connectivity index is 1.50. The molecule has 3 rings (SSSR count). The minimum atomic E-state index is -0.0364. The van der Waals surface area contributed by atoms with E-state index in [0.29, 0.717) is 13.2 Å². The molecule has 0 aliphatic carbocycles. The molecule has 0 spiro atoms. The van der Waals surface area contributed by atoms with Crippen molar-refractivity contribution in [2.45, 2.75) is 45.9 Å². The number of ether oxygens (including phenoxy) is 1. The molecule has 7 nitrogen and oxygen atoms in total. The van der Waals surface area contributed by atoms with E-state index in [4.69, 9.17) is 4.74 Å². The first-order chi connectivity index (χ1) is 14.6. The monoisotopic (exact) mass is 415 g/mol. The molecule has 1 unspecified atom stereocenters. The zero-order valence-corrected chi connectivity index (χ0v) is 18.8. The van der Waals surface area contributed by atoms with Gasteiger partial charge in [-0.1, -0.05) is 24.3 Å². The molecular formula is C23H37N5O2. The number of piperazine rings is 1. The highest BCUT2D eigenvalue weighted by molar-refractivity contribution is 5.82. The normalized spacial score (nSPS) is 19.2. The van der Waals surface area contributed by atoms with Gasteiger partial charge in [0.1, 0.15) is 0 Å². The lowest BCUT2D eigenvalue weighted by Gasteiger charge is -2.39. The van der Waals surface area contributed by atoms with E-state index in [-0.39, 0.29) is 11.9 Å². The number of carbonyl (C=O) groups excluding carboxylic acids is 1. The van der Waals surface area contributed by atoms with E-state index < -0.39 is 0 Å². The van der Waals surface area contributed by atoms with E-state index in [0.717, 1.165) is 64.6 Å². The summed E-state index contributed by atoms with van der Waals surface area (Å²) in [7, 11) is 1.83. The van der Waals surface area contributed by atoms with Crippen LogP contribution < -0.4 is 5.32 Å². The average molecular weight is 416 g/mol. The number of rotatable bonds is 7. The van der Waals surface area contributed by atoms with Crippen LogP contribution >= 0.6 is 0 Å². The smallest absolute Gasteiger partial charge is 0.239 e. The second-order valence-electron chi connectivity index (χ2n) is 8.04. The maximum Gasteiger partial charge on any atom is 0.239 e. The van der Waals surface area contributed by atoms with Gasteiger partial charge in [-0.25, -0.2) is 0 Å². The number of hydrogen-bond acceptors (Lipinski definition) is 4. The van der Waals surface area contributed by atoms with E-state index >= 15 is 0 Å². The Morgan fingerprint density at radius 1 is 1.07 bits per heavy atom. The molecule has 2 saturated heterocycles. The molecule has 2 aliphatic rings. The third-order valence-electron chi connectivity index (χ3n) is 6.17. The predicted octanol–water partition coefficient (Wildman–Crippen LogP) is 1.93. The van der Waals surface area contributed by atoms with Gasteiger partial charge in [-0.3, -0.25) is 14.7 Å². The third-order valence-corrected chi connectivity index (χ3v) is 6.17. The minimum absolute atomic E-state index is 0.0364. The van der Waals surface area contributed by atoms with E-state index in [1.807, 2.05) is 18.9 Å². The summed E-state index contributed by atoms with van der Waals surface area (Å²) in [5, 5.41) is 3.51. The Kier molecular flexibility index (Phi) is 8.51. The summed E-state index contributed by atoms with van der Waals surface area (Å²) >= 11 is 0. The average Bonchev–Trinajstić information content (AvgIpc) is 3.33. The summed E-state index contributed by atoms with van der Waals surface area (Å²) in [4.78, 5) is 23.8. The van der Waals surface area contributed by atoms with Gasteiger partial charge in [0, 0.05) is 59.5 Å². The molecule has 166 valence electrons. The summed E-state index contributed by atoms with van der Waals surface area (Å²) < 4.78 is 5.60. The molecule has 0 aromatic heterocycles. The van der Waals surface area contributed by atoms with Crippen LogP contribution in [-0.4, -0.2) is 85.5 Å². The summed E-state index contributed by atoms with van der Waals surface area (Å²) in [5.41, 5.74) is 2.44. The van der Waals surface area contributed by atoms with Gasteiger partial charge in [-0.15, -0.1) is 0 Å². The first kappa shape index (κ1) is 22.6. The fourth-order valence-corrected chi connectivity index (χ4v) is 4.27. The Labute approximate surface area is 181 Å². The molecule has 1 aromatic carbocycles. The van der Waals surface area contributed by atoms with Crippen molar-refractivity contribution >= 4 is 11.9 Å². The minimum Gasteiger partial charge on any atom is -0.377 e. The van der Waals surface area contributed by atoms with Gasteiger partial charge in [-0.2, -0.15) is 0 Å². The highest BCUT2D eigenvalue weighted by Gasteiger charge is 2.30. The van der Waals surface area contributed by atoms with Gasteiger partial charge < -0.3 is 19.9 Å². The van der Waals surface area contributed by atoms with Gasteiger partial charge in [-0.05, 0) is 37.8 Å². The van der Waals surface area contributed by atoms with Crippen molar-refractivity contribution in [2.24, 2.45) is 4.99 Å². The van der Waals surface area contributed by atoms with Crippen LogP contribution in [0.15, 0.2) is 29.3 Å². The third kappa shape index (κ3) is 5.73. The van der Waals surface area contributed by atoms with Crippen LogP contribution in [0.2, 0.25) is 0 Å². The SMILES string of the molecule is CCOCc1ccccc1CNC(=NC)N1CCN(C(C)C(=O)N2CCCC2)CC1. The summed E-state index contributed by atoms with van der Waals surface area (Å²) in [6.45, 7) is 11.5. The Morgan fingerprint density at radius 2 is 1.73 bits per heavy atom. The van der Waals surface area contributed by atoms with Gasteiger partial charge in [0.05, 0.1) is 12.6 Å². The van der Waals surface area contributed by atoms with Gasteiger partial charge in [0.25, 0.3) is 0 Å². The number of guanidine groups is 1. The first-order valence-corrected chi connectivity index (χ1v) is 11.3. The fraction of sp³-hybridized carbons (Fsp3) is 0.652. The van der Waals surface area contributed by atoms with Crippen molar-refractivity contribution in [3.8, 4) is 0 Å². The molecule has 2 heterocycles. The van der Waals surface area contributed by atoms with Crippen LogP contribution in [0.3, 0.4) is 0 Å². The van der Waals surface area contributed by atoms with Crippen LogP contribution in [0.4, 0.5) is 0 Å². The second-order valence-corrected chi connectivity index (χ2v) is 8.04. The second kappa shape index (κ2) is 11.3. The highest BCUT2D eigenvalue weighted by Crippen LogP contribution is 2.14. The van der Waals surface area contributed by atoms with Gasteiger partial charge in [0.2, 0.25) is 5.91 Å². The molecule has 2 fully saturated rings. The van der Waals surface area contributed by atoms with Crippen molar-refractivity contribution in [2.75, 3.05) is 52.9 Å². The highest BCUT2D eigenvalue weighted by atomic mass is 16.5. The van der Waals surface area contributed by atoms with Crippen molar-refractivity contribution in [3.63, 3.8) is 0 Å². The zero-order valence-electron chi connectivity index (χ0n) is 18.8. The Morgan fingerprint density at radius 3 is 2.37 bits per heavy atom. The molecule has 7 heteroatoms. The zero-order chi connectivity index (χ0) is 21.3. The van der Waals surface area contributed by atoms with Crippen LogP contribution in [0.25, 0.3) is 0 Å². The standard InChI is InChI=1S/C23H37N5O2/c1-4-30-18-21-10-6-5-9-20(21)17-25-23(24-3)28-15-13-26(14-16-28)19(2)22(29)27-11-7-8-12-27/h5-6,9-10,19H,4,7-8,11-18H2,1-3H3,(H,24,25). The van der Waals surface area contributed by atoms with Crippen LogP contribution in [0.1, 0.15) is 37.8 Å². The maximum absolute atomic E-state index is 12.7. The molecule has 0 radical (unpaired) electrons. The molecule has 1 N–H and O–H groups in total. The number of likely N-dealkylation sites (tertiary alicyclic amines) is 1. The Hall–Kier alpha value is -2.12. The number of aliphatic imine (C=N–C) groups is 1. The predicted molar refractivity (Wildman–Crippen MR) is 120 cm³/mol. The van der Waals surface area contributed by atoms with Crippen molar-refractivity contribution < 1.29 is 9.53 Å². The summed E-state index contributed by atoms with van der Waals surface area (Å²) in [6.07, 6.45) is 2.28. The van der Waals surface area contributed by atoms with Crippen LogP contribution in [-0.2, 0) is 22.7 Å². The molecular weight excluding hydrogens is 378 g/mol. The number of amides is 1. The number of benzene rings is 1. The molecule has 1 atom stereocenters. The fourth-order valence-electron chi connectivity index (χ4n) is 4.27. The molecule has 30 heavy (non-hydrogen) atoms. The lowest BCUT2D eigenvalue weighted by molar-refractivity contribution is -0.135. The summed E-state index contributed by atoms with van der Waals surface area (Å²) in [5.74, 6) is 1.20. The first-order valence-electron chi connectivity index (χ1n) is 11.3. The topological polar surface area (TPSA) is 60.4 Å². The molecule has 0 saturated carbocycles. The van der Waals surface area contributed by atoms with Gasteiger partial charge in [0.15, 0.2) is 5.96 Å². The van der Waals surface area contributed by atoms with E-state index in [1.54, 1.807) is 0 Å². The lowest BCUT2D eigenvalue weighted by atomic mass is 10.1. The molecule has 0 bridgehead atoms. The molecule has 1 amide bonds. The van der Waals surface area contributed by atoms with E-state index in [1.165, 1.54) is 11.1 Å². The van der Waals surface area contributed by atoms with Crippen molar-refractivity contribution in [3.05, 3.63) is 35.4 Å². The van der Waals surface area contributed by atoms with Crippen LogP contribution in [0, 0.1) is 0 Å². The molecule has 1 aromatic rings. The number of carbonyl (C=O) groups is 1. The van der Waals surface area contributed by atoms with Crippen molar-refractivity contribution in [1.29, 1.82) is 0 Å². The quantitative estimate of drug-likeness (QED) is 0.545. The van der Waals surface area contributed by atoms with Gasteiger partial charge >= 0.3 is 0 Å². The lowest BCUT2D eigenvalue weighted by Crippen LogP contribution is -2.57. The van der Waals surface area contributed by atoms with E-state index in [2.05, 4.69) is 51.3 Å². The Bertz CT molecular complexity index is 709. The van der Waals surface area contributed by atoms with E-state index in [9.17, 15) is 4.79 Å². The van der Waals surface area contributed by atoms with Crippen molar-refractivity contribution in [1.82, 2.24) is 20.0 Å². The number of nitrogens with zero attached hydrogens (tertiary/aromatic N) is 4.